The van der Waals surface area contributed by atoms with Gasteiger partial charge in [-0.25, -0.2) is 9.97 Å². The zero-order chi connectivity index (χ0) is 23.7. The molecule has 0 aliphatic heterocycles. The Labute approximate surface area is 196 Å². The summed E-state index contributed by atoms with van der Waals surface area (Å²) in [4.78, 5) is 33.1. The zero-order valence-corrected chi connectivity index (χ0v) is 18.5. The Morgan fingerprint density at radius 3 is 2.41 bits per heavy atom. The van der Waals surface area contributed by atoms with Gasteiger partial charge in [0, 0.05) is 23.5 Å². The molecule has 1 N–H and O–H groups in total. The van der Waals surface area contributed by atoms with Crippen molar-refractivity contribution < 1.29 is 24.2 Å². The molecule has 1 fully saturated rings. The highest BCUT2D eigenvalue weighted by Crippen LogP contribution is 2.51. The average Bonchev–Trinajstić information content (AvgIpc) is 2.83. The van der Waals surface area contributed by atoms with E-state index in [2.05, 4.69) is 9.97 Å². The van der Waals surface area contributed by atoms with Gasteiger partial charge in [-0.05, 0) is 53.4 Å². The molecule has 34 heavy (non-hydrogen) atoms. The van der Waals surface area contributed by atoms with Gasteiger partial charge >= 0.3 is 11.9 Å². The standard InChI is InChI=1S/C27H22N2O5/c1-33-24-5-3-2-4-23(24)27(26(31)32)12-20(13-27)25(30)34-22-9-8-17-6-7-18(10-19(17)11-22)21-14-28-16-29-15-21/h2-11,14-16,20H,12-13H2,1H3,(H,31,32). The summed E-state index contributed by atoms with van der Waals surface area (Å²) in [6, 6.07) is 18.5. The fraction of sp³-hybridized carbons (Fsp3) is 0.185. The van der Waals surface area contributed by atoms with Crippen molar-refractivity contribution in [2.45, 2.75) is 18.3 Å². The summed E-state index contributed by atoms with van der Waals surface area (Å²) in [5.41, 5.74) is 1.27. The van der Waals surface area contributed by atoms with Crippen LogP contribution in [-0.4, -0.2) is 34.1 Å². The predicted molar refractivity (Wildman–Crippen MR) is 126 cm³/mol. The molecule has 7 heteroatoms. The van der Waals surface area contributed by atoms with Gasteiger partial charge in [-0.3, -0.25) is 9.59 Å². The molecule has 1 aliphatic rings. The van der Waals surface area contributed by atoms with Crippen molar-refractivity contribution in [3.8, 4) is 22.6 Å². The van der Waals surface area contributed by atoms with Gasteiger partial charge in [-0.15, -0.1) is 0 Å². The number of carboxylic acids is 1. The number of methoxy groups -OCH3 is 1. The van der Waals surface area contributed by atoms with E-state index in [1.807, 2.05) is 30.3 Å². The van der Waals surface area contributed by atoms with Crippen LogP contribution in [0.2, 0.25) is 0 Å². The number of carboxylic acid groups (broad SMARTS) is 1. The molecule has 0 amide bonds. The SMILES string of the molecule is COc1ccccc1C1(C(=O)O)CC(C(=O)Oc2ccc3ccc(-c4cncnc4)cc3c2)C1. The smallest absolute Gasteiger partial charge is 0.314 e. The summed E-state index contributed by atoms with van der Waals surface area (Å²) in [6.45, 7) is 0. The van der Waals surface area contributed by atoms with Crippen molar-refractivity contribution in [3.63, 3.8) is 0 Å². The number of ether oxygens (including phenoxy) is 2. The Bertz CT molecular complexity index is 1380. The molecule has 0 unspecified atom stereocenters. The second-order valence-electron chi connectivity index (χ2n) is 8.46. The molecule has 0 spiro atoms. The van der Waals surface area contributed by atoms with Crippen LogP contribution in [-0.2, 0) is 15.0 Å². The molecule has 1 aromatic heterocycles. The highest BCUT2D eigenvalue weighted by molar-refractivity contribution is 5.90. The van der Waals surface area contributed by atoms with Gasteiger partial charge in [0.2, 0.25) is 0 Å². The van der Waals surface area contributed by atoms with Crippen molar-refractivity contribution in [3.05, 3.63) is 84.9 Å². The minimum atomic E-state index is -1.16. The minimum absolute atomic E-state index is 0.160. The van der Waals surface area contributed by atoms with Gasteiger partial charge in [0.05, 0.1) is 18.4 Å². The Hall–Kier alpha value is -4.26. The first kappa shape index (κ1) is 21.6. The van der Waals surface area contributed by atoms with Crippen LogP contribution in [0, 0.1) is 5.92 Å². The van der Waals surface area contributed by atoms with E-state index in [-0.39, 0.29) is 12.8 Å². The zero-order valence-electron chi connectivity index (χ0n) is 18.5. The lowest BCUT2D eigenvalue weighted by atomic mass is 9.58. The van der Waals surface area contributed by atoms with Crippen molar-refractivity contribution in [1.82, 2.24) is 9.97 Å². The number of hydrogen-bond acceptors (Lipinski definition) is 6. The molecule has 0 atom stereocenters. The fourth-order valence-electron chi connectivity index (χ4n) is 4.61. The van der Waals surface area contributed by atoms with E-state index in [0.29, 0.717) is 17.1 Å². The molecule has 3 aromatic carbocycles. The molecule has 0 bridgehead atoms. The summed E-state index contributed by atoms with van der Waals surface area (Å²) >= 11 is 0. The number of benzene rings is 3. The van der Waals surface area contributed by atoms with Crippen LogP contribution >= 0.6 is 0 Å². The third-order valence-corrected chi connectivity index (χ3v) is 6.48. The maximum atomic E-state index is 12.9. The van der Waals surface area contributed by atoms with Crippen LogP contribution in [0.25, 0.3) is 21.9 Å². The molecule has 1 heterocycles. The van der Waals surface area contributed by atoms with E-state index < -0.39 is 23.3 Å². The molecule has 1 saturated carbocycles. The summed E-state index contributed by atoms with van der Waals surface area (Å²) in [5.74, 6) is -0.984. The van der Waals surface area contributed by atoms with Gasteiger partial charge in [0.25, 0.3) is 0 Å². The number of esters is 1. The van der Waals surface area contributed by atoms with Crippen molar-refractivity contribution in [2.24, 2.45) is 5.92 Å². The lowest BCUT2D eigenvalue weighted by molar-refractivity contribution is -0.156. The number of aromatic nitrogens is 2. The topological polar surface area (TPSA) is 98.6 Å². The van der Waals surface area contributed by atoms with Gasteiger partial charge in [0.15, 0.2) is 0 Å². The third-order valence-electron chi connectivity index (χ3n) is 6.48. The molecular formula is C27H22N2O5. The van der Waals surface area contributed by atoms with Crippen LogP contribution in [0.4, 0.5) is 0 Å². The van der Waals surface area contributed by atoms with Crippen LogP contribution in [0.15, 0.2) is 79.4 Å². The molecule has 0 saturated heterocycles. The van der Waals surface area contributed by atoms with E-state index in [1.165, 1.54) is 13.4 Å². The van der Waals surface area contributed by atoms with Crippen LogP contribution < -0.4 is 9.47 Å². The summed E-state index contributed by atoms with van der Waals surface area (Å²) in [7, 11) is 1.51. The molecule has 7 nitrogen and oxygen atoms in total. The monoisotopic (exact) mass is 454 g/mol. The fourth-order valence-corrected chi connectivity index (χ4v) is 4.61. The molecule has 1 aliphatic carbocycles. The Morgan fingerprint density at radius 1 is 0.941 bits per heavy atom. The maximum absolute atomic E-state index is 12.9. The molecule has 0 radical (unpaired) electrons. The number of nitrogens with zero attached hydrogens (tertiary/aromatic N) is 2. The second-order valence-corrected chi connectivity index (χ2v) is 8.46. The molecule has 170 valence electrons. The summed E-state index contributed by atoms with van der Waals surface area (Å²) < 4.78 is 11.0. The first-order chi connectivity index (χ1) is 16.5. The first-order valence-electron chi connectivity index (χ1n) is 10.9. The largest absolute Gasteiger partial charge is 0.496 e. The maximum Gasteiger partial charge on any atom is 0.314 e. The number of para-hydroxylation sites is 1. The van der Waals surface area contributed by atoms with E-state index >= 15 is 0 Å². The van der Waals surface area contributed by atoms with E-state index in [1.54, 1.807) is 42.7 Å². The highest BCUT2D eigenvalue weighted by Gasteiger charge is 2.56. The third kappa shape index (κ3) is 3.75. The number of fused-ring (bicyclic) bond motifs is 1. The second kappa shape index (κ2) is 8.59. The van der Waals surface area contributed by atoms with Gasteiger partial charge in [-0.1, -0.05) is 36.4 Å². The lowest BCUT2D eigenvalue weighted by Crippen LogP contribution is -2.51. The van der Waals surface area contributed by atoms with Crippen molar-refractivity contribution >= 4 is 22.7 Å². The number of carbonyl (C=O) groups is 2. The molecular weight excluding hydrogens is 432 g/mol. The Morgan fingerprint density at radius 2 is 1.68 bits per heavy atom. The van der Waals surface area contributed by atoms with Crippen LogP contribution in [0.3, 0.4) is 0 Å². The van der Waals surface area contributed by atoms with Gasteiger partial charge in [-0.2, -0.15) is 0 Å². The van der Waals surface area contributed by atoms with Crippen LogP contribution in [0.5, 0.6) is 11.5 Å². The average molecular weight is 454 g/mol. The Kier molecular flexibility index (Phi) is 5.45. The summed E-state index contributed by atoms with van der Waals surface area (Å²) in [6.07, 6.45) is 5.28. The normalized spacial score (nSPS) is 19.3. The number of carbonyl (C=O) groups excluding carboxylic acids is 1. The number of hydrogen-bond donors (Lipinski definition) is 1. The number of aliphatic carboxylic acids is 1. The summed E-state index contributed by atoms with van der Waals surface area (Å²) in [5, 5.41) is 11.9. The van der Waals surface area contributed by atoms with E-state index in [4.69, 9.17) is 9.47 Å². The molecule has 4 aromatic rings. The Balaban J connectivity index is 1.34. The van der Waals surface area contributed by atoms with Crippen molar-refractivity contribution in [2.75, 3.05) is 7.11 Å². The van der Waals surface area contributed by atoms with Crippen LogP contribution in [0.1, 0.15) is 18.4 Å². The number of rotatable bonds is 6. The predicted octanol–water partition coefficient (Wildman–Crippen LogP) is 4.64. The lowest BCUT2D eigenvalue weighted by Gasteiger charge is -2.43. The van der Waals surface area contributed by atoms with E-state index in [9.17, 15) is 14.7 Å². The van der Waals surface area contributed by atoms with Crippen molar-refractivity contribution in [1.29, 1.82) is 0 Å². The van der Waals surface area contributed by atoms with E-state index in [0.717, 1.165) is 21.9 Å². The minimum Gasteiger partial charge on any atom is -0.496 e. The highest BCUT2D eigenvalue weighted by atomic mass is 16.5. The van der Waals surface area contributed by atoms with Gasteiger partial charge in [0.1, 0.15) is 17.8 Å². The first-order valence-corrected chi connectivity index (χ1v) is 10.9. The molecule has 5 rings (SSSR count). The van der Waals surface area contributed by atoms with Gasteiger partial charge < -0.3 is 14.6 Å². The quantitative estimate of drug-likeness (QED) is 0.335.